The lowest BCUT2D eigenvalue weighted by Crippen LogP contribution is -2.24. The largest absolute Gasteiger partial charge is 0.389 e. The van der Waals surface area contributed by atoms with Gasteiger partial charge < -0.3 is 5.32 Å². The molecular formula is C13H22F3N3. The van der Waals surface area contributed by atoms with Crippen LogP contribution < -0.4 is 5.32 Å². The molecule has 0 fully saturated rings. The summed E-state index contributed by atoms with van der Waals surface area (Å²) in [7, 11) is 1.83. The molecule has 0 bridgehead atoms. The number of rotatable bonds is 7. The third-order valence-electron chi connectivity index (χ3n) is 2.99. The molecule has 0 radical (unpaired) electrons. The van der Waals surface area contributed by atoms with E-state index in [1.54, 1.807) is 4.68 Å². The van der Waals surface area contributed by atoms with E-state index in [9.17, 15) is 13.2 Å². The van der Waals surface area contributed by atoms with Crippen molar-refractivity contribution in [2.75, 3.05) is 6.54 Å². The van der Waals surface area contributed by atoms with Crippen molar-refractivity contribution in [2.24, 2.45) is 7.05 Å². The summed E-state index contributed by atoms with van der Waals surface area (Å²) >= 11 is 0. The minimum absolute atomic E-state index is 0.0616. The van der Waals surface area contributed by atoms with Gasteiger partial charge in [0.25, 0.3) is 0 Å². The summed E-state index contributed by atoms with van der Waals surface area (Å²) < 4.78 is 38.4. The Morgan fingerprint density at radius 2 is 2.11 bits per heavy atom. The van der Waals surface area contributed by atoms with Gasteiger partial charge in [-0.2, -0.15) is 18.3 Å². The van der Waals surface area contributed by atoms with Gasteiger partial charge >= 0.3 is 6.18 Å². The molecule has 0 aliphatic heterocycles. The number of nitrogens with zero attached hydrogens (tertiary/aromatic N) is 2. The summed E-state index contributed by atoms with van der Waals surface area (Å²) in [6.45, 7) is 4.71. The molecule has 1 unspecified atom stereocenters. The second kappa shape index (κ2) is 6.93. The van der Waals surface area contributed by atoms with Crippen molar-refractivity contribution in [3.05, 3.63) is 17.5 Å². The maximum Gasteiger partial charge on any atom is 0.389 e. The summed E-state index contributed by atoms with van der Waals surface area (Å²) in [5, 5.41) is 7.55. The van der Waals surface area contributed by atoms with Gasteiger partial charge in [0.15, 0.2) is 0 Å². The molecular weight excluding hydrogens is 255 g/mol. The van der Waals surface area contributed by atoms with Crippen molar-refractivity contribution in [1.82, 2.24) is 15.1 Å². The van der Waals surface area contributed by atoms with Crippen molar-refractivity contribution in [2.45, 2.75) is 51.7 Å². The van der Waals surface area contributed by atoms with Crippen molar-refractivity contribution < 1.29 is 13.2 Å². The molecule has 1 aromatic rings. The molecule has 19 heavy (non-hydrogen) atoms. The van der Waals surface area contributed by atoms with Crippen LogP contribution in [0.15, 0.2) is 6.07 Å². The molecule has 1 aromatic heterocycles. The second-order valence-corrected chi connectivity index (χ2v) is 4.85. The van der Waals surface area contributed by atoms with Crippen LogP contribution in [0.4, 0.5) is 13.2 Å². The molecule has 0 spiro atoms. The molecule has 1 rings (SSSR count). The first-order valence-corrected chi connectivity index (χ1v) is 6.64. The molecule has 0 aliphatic carbocycles. The van der Waals surface area contributed by atoms with Gasteiger partial charge in [0.1, 0.15) is 0 Å². The predicted molar refractivity (Wildman–Crippen MR) is 68.9 cm³/mol. The maximum atomic E-state index is 12.2. The average Bonchev–Trinajstić information content (AvgIpc) is 2.61. The van der Waals surface area contributed by atoms with Gasteiger partial charge in [-0.25, -0.2) is 0 Å². The van der Waals surface area contributed by atoms with E-state index in [1.807, 2.05) is 27.0 Å². The van der Waals surface area contributed by atoms with E-state index in [-0.39, 0.29) is 12.5 Å². The lowest BCUT2D eigenvalue weighted by molar-refractivity contribution is -0.135. The Morgan fingerprint density at radius 1 is 1.42 bits per heavy atom. The van der Waals surface area contributed by atoms with Crippen molar-refractivity contribution in [3.63, 3.8) is 0 Å². The number of aryl methyl sites for hydroxylation is 2. The van der Waals surface area contributed by atoms with Crippen molar-refractivity contribution in [3.8, 4) is 0 Å². The van der Waals surface area contributed by atoms with Crippen molar-refractivity contribution in [1.29, 1.82) is 0 Å². The molecule has 0 saturated heterocycles. The highest BCUT2D eigenvalue weighted by Gasteiger charge is 2.27. The summed E-state index contributed by atoms with van der Waals surface area (Å²) in [4.78, 5) is 0. The second-order valence-electron chi connectivity index (χ2n) is 4.85. The topological polar surface area (TPSA) is 29.9 Å². The van der Waals surface area contributed by atoms with Gasteiger partial charge in [0.2, 0.25) is 0 Å². The summed E-state index contributed by atoms with van der Waals surface area (Å²) in [5.41, 5.74) is 1.84. The fraction of sp³-hybridized carbons (Fsp3) is 0.769. The first-order valence-electron chi connectivity index (χ1n) is 6.64. The SMILES string of the molecule is CCCNC(CCCC(F)(F)F)c1cc(C)nn1C. The molecule has 0 aromatic carbocycles. The van der Waals surface area contributed by atoms with Gasteiger partial charge in [-0.1, -0.05) is 6.92 Å². The molecule has 1 atom stereocenters. The molecule has 6 heteroatoms. The van der Waals surface area contributed by atoms with E-state index in [0.717, 1.165) is 24.4 Å². The number of hydrogen-bond acceptors (Lipinski definition) is 2. The maximum absolute atomic E-state index is 12.2. The Balaban J connectivity index is 2.64. The van der Waals surface area contributed by atoms with Gasteiger partial charge in [-0.3, -0.25) is 4.68 Å². The smallest absolute Gasteiger partial charge is 0.309 e. The number of hydrogen-bond donors (Lipinski definition) is 1. The quantitative estimate of drug-likeness (QED) is 0.826. The number of halogens is 3. The minimum atomic E-state index is -4.07. The van der Waals surface area contributed by atoms with E-state index in [4.69, 9.17) is 0 Å². The highest BCUT2D eigenvalue weighted by Crippen LogP contribution is 2.26. The van der Waals surface area contributed by atoms with Crippen molar-refractivity contribution >= 4 is 0 Å². The summed E-state index contributed by atoms with van der Waals surface area (Å²) in [5.74, 6) is 0. The van der Waals surface area contributed by atoms with Gasteiger partial charge in [-0.15, -0.1) is 0 Å². The molecule has 0 aliphatic rings. The van der Waals surface area contributed by atoms with Crippen LogP contribution >= 0.6 is 0 Å². The Bertz CT molecular complexity index is 385. The minimum Gasteiger partial charge on any atom is -0.309 e. The summed E-state index contributed by atoms with van der Waals surface area (Å²) in [6.07, 6.45) is -3.24. The lowest BCUT2D eigenvalue weighted by Gasteiger charge is -2.19. The monoisotopic (exact) mass is 277 g/mol. The zero-order chi connectivity index (χ0) is 14.5. The first kappa shape index (κ1) is 16.0. The molecule has 3 nitrogen and oxygen atoms in total. The van der Waals surface area contributed by atoms with Gasteiger partial charge in [-0.05, 0) is 38.8 Å². The third-order valence-corrected chi connectivity index (χ3v) is 2.99. The number of nitrogens with one attached hydrogen (secondary N) is 1. The van der Waals surface area contributed by atoms with Gasteiger partial charge in [0, 0.05) is 19.5 Å². The highest BCUT2D eigenvalue weighted by atomic mass is 19.4. The van der Waals surface area contributed by atoms with E-state index in [1.165, 1.54) is 0 Å². The fourth-order valence-corrected chi connectivity index (χ4v) is 2.14. The van der Waals surface area contributed by atoms with Crippen LogP contribution in [0, 0.1) is 6.92 Å². The van der Waals surface area contributed by atoms with E-state index < -0.39 is 12.6 Å². The van der Waals surface area contributed by atoms with E-state index in [2.05, 4.69) is 10.4 Å². The molecule has 1 N–H and O–H groups in total. The van der Waals surface area contributed by atoms with Gasteiger partial charge in [0.05, 0.1) is 11.4 Å². The first-order chi connectivity index (χ1) is 8.83. The zero-order valence-corrected chi connectivity index (χ0v) is 11.7. The lowest BCUT2D eigenvalue weighted by atomic mass is 10.1. The average molecular weight is 277 g/mol. The summed E-state index contributed by atoms with van der Waals surface area (Å²) in [6, 6.07) is 1.87. The van der Waals surface area contributed by atoms with Crippen LogP contribution in [0.3, 0.4) is 0 Å². The van der Waals surface area contributed by atoms with Crippen LogP contribution in [0.1, 0.15) is 50.0 Å². The van der Waals surface area contributed by atoms with Crippen LogP contribution in [0.2, 0.25) is 0 Å². The Hall–Kier alpha value is -1.04. The van der Waals surface area contributed by atoms with Crippen LogP contribution in [-0.4, -0.2) is 22.5 Å². The van der Waals surface area contributed by atoms with Crippen LogP contribution in [-0.2, 0) is 7.05 Å². The molecule has 0 saturated carbocycles. The highest BCUT2D eigenvalue weighted by molar-refractivity contribution is 5.13. The number of alkyl halides is 3. The van der Waals surface area contributed by atoms with Crippen LogP contribution in [0.5, 0.6) is 0 Å². The van der Waals surface area contributed by atoms with E-state index in [0.29, 0.717) is 6.42 Å². The Kier molecular flexibility index (Phi) is 5.85. The number of aromatic nitrogens is 2. The van der Waals surface area contributed by atoms with E-state index >= 15 is 0 Å². The Morgan fingerprint density at radius 3 is 2.58 bits per heavy atom. The fourth-order valence-electron chi connectivity index (χ4n) is 2.14. The molecule has 1 heterocycles. The predicted octanol–water partition coefficient (Wildman–Crippen LogP) is 3.50. The zero-order valence-electron chi connectivity index (χ0n) is 11.7. The third kappa shape index (κ3) is 5.63. The normalized spacial score (nSPS) is 13.8. The standard InChI is InChI=1S/C13H22F3N3/c1-4-8-17-11(6-5-7-13(14,15)16)12-9-10(2)18-19(12)3/h9,11,17H,4-8H2,1-3H3. The van der Waals surface area contributed by atoms with Crippen LogP contribution in [0.25, 0.3) is 0 Å². The Labute approximate surface area is 112 Å². The molecule has 110 valence electrons. The molecule has 0 amide bonds.